The largest absolute Gasteiger partial charge is 0.467 e. The standard InChI is InChI=1S/C22H27N7O4/c1-13-8-31-12-19(13)29-16(5-23)4-15-6-24-22(26-20(15)29)25-18-7-28(14(2)9-30-3)27-21(18)33-17-10-32-11-17/h4,6-7,13-14,17,19H,8-12H2,1-3H3,(H,24,25,26)/t13-,14?,19-/m0/s1. The molecule has 0 bridgehead atoms. The maximum absolute atomic E-state index is 9.69. The third-order valence-corrected chi connectivity index (χ3v) is 6.04. The van der Waals surface area contributed by atoms with Gasteiger partial charge >= 0.3 is 0 Å². The van der Waals surface area contributed by atoms with E-state index < -0.39 is 0 Å². The Bertz CT molecular complexity index is 1180. The van der Waals surface area contributed by atoms with Crippen LogP contribution in [-0.2, 0) is 14.2 Å². The molecule has 0 amide bonds. The number of fused-ring (bicyclic) bond motifs is 1. The fourth-order valence-corrected chi connectivity index (χ4v) is 4.12. The van der Waals surface area contributed by atoms with Gasteiger partial charge in [0.1, 0.15) is 29.2 Å². The maximum Gasteiger partial charge on any atom is 0.257 e. The highest BCUT2D eigenvalue weighted by molar-refractivity contribution is 5.79. The Hall–Kier alpha value is -3.20. The number of nitrogens with zero attached hydrogens (tertiary/aromatic N) is 6. The summed E-state index contributed by atoms with van der Waals surface area (Å²) < 4.78 is 25.9. The van der Waals surface area contributed by atoms with Gasteiger partial charge in [-0.25, -0.2) is 4.98 Å². The monoisotopic (exact) mass is 453 g/mol. The molecule has 5 rings (SSSR count). The number of aromatic nitrogens is 5. The molecule has 0 saturated carbocycles. The van der Waals surface area contributed by atoms with Crippen LogP contribution in [0.2, 0.25) is 0 Å². The van der Waals surface area contributed by atoms with Crippen molar-refractivity contribution in [3.8, 4) is 11.9 Å². The van der Waals surface area contributed by atoms with Crippen LogP contribution in [0, 0.1) is 17.2 Å². The lowest BCUT2D eigenvalue weighted by molar-refractivity contribution is -0.0813. The minimum Gasteiger partial charge on any atom is -0.467 e. The molecule has 11 nitrogen and oxygen atoms in total. The highest BCUT2D eigenvalue weighted by Gasteiger charge is 2.30. The van der Waals surface area contributed by atoms with Crippen molar-refractivity contribution in [1.82, 2.24) is 24.3 Å². The molecule has 33 heavy (non-hydrogen) atoms. The molecule has 0 aromatic carbocycles. The first-order chi connectivity index (χ1) is 16.1. The Morgan fingerprint density at radius 2 is 2.12 bits per heavy atom. The third kappa shape index (κ3) is 4.13. The van der Waals surface area contributed by atoms with E-state index in [1.807, 2.05) is 23.8 Å². The highest BCUT2D eigenvalue weighted by atomic mass is 16.6. The molecule has 3 atom stereocenters. The van der Waals surface area contributed by atoms with Crippen LogP contribution < -0.4 is 10.1 Å². The summed E-state index contributed by atoms with van der Waals surface area (Å²) in [5, 5.41) is 18.3. The summed E-state index contributed by atoms with van der Waals surface area (Å²) in [5.41, 5.74) is 1.90. The minimum absolute atomic E-state index is 0.0215. The van der Waals surface area contributed by atoms with Gasteiger partial charge in [0.15, 0.2) is 0 Å². The van der Waals surface area contributed by atoms with Crippen LogP contribution >= 0.6 is 0 Å². The highest BCUT2D eigenvalue weighted by Crippen LogP contribution is 2.33. The van der Waals surface area contributed by atoms with E-state index in [0.717, 1.165) is 5.39 Å². The van der Waals surface area contributed by atoms with Gasteiger partial charge in [0.05, 0.1) is 51.3 Å². The summed E-state index contributed by atoms with van der Waals surface area (Å²) >= 11 is 0. The average Bonchev–Trinajstić information content (AvgIpc) is 3.47. The summed E-state index contributed by atoms with van der Waals surface area (Å²) in [5.74, 6) is 1.14. The molecule has 3 aromatic heterocycles. The molecular formula is C22H27N7O4. The molecule has 2 saturated heterocycles. The molecule has 11 heteroatoms. The van der Waals surface area contributed by atoms with Gasteiger partial charge in [-0.1, -0.05) is 6.92 Å². The van der Waals surface area contributed by atoms with Crippen LogP contribution in [0.3, 0.4) is 0 Å². The zero-order chi connectivity index (χ0) is 22.9. The van der Waals surface area contributed by atoms with Crippen molar-refractivity contribution in [3.63, 3.8) is 0 Å². The summed E-state index contributed by atoms with van der Waals surface area (Å²) in [6, 6.07) is 4.18. The number of nitriles is 1. The lowest BCUT2D eigenvalue weighted by Crippen LogP contribution is -2.38. The second kappa shape index (κ2) is 8.97. The van der Waals surface area contributed by atoms with Gasteiger partial charge in [0.2, 0.25) is 5.95 Å². The van der Waals surface area contributed by atoms with Gasteiger partial charge in [0, 0.05) is 24.6 Å². The molecular weight excluding hydrogens is 426 g/mol. The molecule has 0 radical (unpaired) electrons. The fraction of sp³-hybridized carbons (Fsp3) is 0.545. The van der Waals surface area contributed by atoms with Gasteiger partial charge in [-0.05, 0) is 13.0 Å². The number of hydrogen-bond donors (Lipinski definition) is 1. The summed E-state index contributed by atoms with van der Waals surface area (Å²) in [7, 11) is 1.66. The Morgan fingerprint density at radius 3 is 2.79 bits per heavy atom. The summed E-state index contributed by atoms with van der Waals surface area (Å²) in [6.07, 6.45) is 3.55. The van der Waals surface area contributed by atoms with Crippen LogP contribution in [0.5, 0.6) is 5.88 Å². The quantitative estimate of drug-likeness (QED) is 0.548. The maximum atomic E-state index is 9.69. The van der Waals surface area contributed by atoms with Gasteiger partial charge in [-0.2, -0.15) is 10.2 Å². The Kier molecular flexibility index (Phi) is 5.88. The normalized spacial score (nSPS) is 21.6. The van der Waals surface area contributed by atoms with Crippen LogP contribution in [0.15, 0.2) is 18.5 Å². The first kappa shape index (κ1) is 21.6. The summed E-state index contributed by atoms with van der Waals surface area (Å²) in [6.45, 7) is 6.94. The molecule has 2 aliphatic rings. The second-order valence-electron chi connectivity index (χ2n) is 8.60. The van der Waals surface area contributed by atoms with E-state index in [-0.39, 0.29) is 24.1 Å². The molecule has 0 spiro atoms. The zero-order valence-electron chi connectivity index (χ0n) is 18.9. The summed E-state index contributed by atoms with van der Waals surface area (Å²) in [4.78, 5) is 9.22. The van der Waals surface area contributed by atoms with E-state index >= 15 is 0 Å². The molecule has 1 unspecified atom stereocenters. The second-order valence-corrected chi connectivity index (χ2v) is 8.60. The number of anilines is 2. The van der Waals surface area contributed by atoms with Crippen molar-refractivity contribution in [2.24, 2.45) is 5.92 Å². The zero-order valence-corrected chi connectivity index (χ0v) is 18.9. The smallest absolute Gasteiger partial charge is 0.257 e. The molecule has 2 aliphatic heterocycles. The third-order valence-electron chi connectivity index (χ3n) is 6.04. The molecule has 174 valence electrons. The van der Waals surface area contributed by atoms with Gasteiger partial charge in [-0.3, -0.25) is 4.68 Å². The first-order valence-corrected chi connectivity index (χ1v) is 11.0. The van der Waals surface area contributed by atoms with Crippen molar-refractivity contribution in [2.45, 2.75) is 32.0 Å². The number of hydrogen-bond acceptors (Lipinski definition) is 9. The number of ether oxygens (including phenoxy) is 4. The van der Waals surface area contributed by atoms with Crippen molar-refractivity contribution in [2.75, 3.05) is 45.5 Å². The van der Waals surface area contributed by atoms with Gasteiger partial charge in [-0.15, -0.1) is 5.10 Å². The fourth-order valence-electron chi connectivity index (χ4n) is 4.12. The predicted molar refractivity (Wildman–Crippen MR) is 119 cm³/mol. The van der Waals surface area contributed by atoms with Crippen molar-refractivity contribution in [1.29, 1.82) is 5.26 Å². The average molecular weight is 454 g/mol. The Labute approximate surface area is 191 Å². The molecule has 3 aromatic rings. The molecule has 2 fully saturated rings. The van der Waals surface area contributed by atoms with E-state index in [1.165, 1.54) is 0 Å². The number of nitrogens with one attached hydrogen (secondary N) is 1. The Balaban J connectivity index is 1.49. The molecule has 5 heterocycles. The van der Waals surface area contributed by atoms with Crippen LogP contribution in [0.25, 0.3) is 11.0 Å². The SMILES string of the molecule is COCC(C)n1cc(Nc2ncc3cc(C#N)n([C@H]4COC[C@@H]4C)c3n2)c(OC2COC2)n1. The lowest BCUT2D eigenvalue weighted by Gasteiger charge is -2.26. The van der Waals surface area contributed by atoms with E-state index in [4.69, 9.17) is 23.9 Å². The van der Waals surface area contributed by atoms with Crippen LogP contribution in [0.4, 0.5) is 11.6 Å². The number of rotatable bonds is 8. The molecule has 1 N–H and O–H groups in total. The predicted octanol–water partition coefficient (Wildman–Crippen LogP) is 2.44. The number of methoxy groups -OCH3 is 1. The van der Waals surface area contributed by atoms with E-state index in [2.05, 4.69) is 28.4 Å². The Morgan fingerprint density at radius 1 is 1.30 bits per heavy atom. The van der Waals surface area contributed by atoms with E-state index in [0.29, 0.717) is 61.9 Å². The van der Waals surface area contributed by atoms with E-state index in [1.54, 1.807) is 18.0 Å². The lowest BCUT2D eigenvalue weighted by atomic mass is 10.1. The first-order valence-electron chi connectivity index (χ1n) is 11.0. The van der Waals surface area contributed by atoms with Crippen molar-refractivity contribution in [3.05, 3.63) is 24.2 Å². The van der Waals surface area contributed by atoms with Crippen LogP contribution in [0.1, 0.15) is 31.6 Å². The van der Waals surface area contributed by atoms with Crippen molar-refractivity contribution >= 4 is 22.7 Å². The molecule has 0 aliphatic carbocycles. The van der Waals surface area contributed by atoms with Gasteiger partial charge < -0.3 is 28.8 Å². The van der Waals surface area contributed by atoms with Gasteiger partial charge in [0.25, 0.3) is 5.88 Å². The van der Waals surface area contributed by atoms with Crippen LogP contribution in [-0.4, -0.2) is 70.6 Å². The van der Waals surface area contributed by atoms with E-state index in [9.17, 15) is 5.26 Å². The van der Waals surface area contributed by atoms with Crippen molar-refractivity contribution < 1.29 is 18.9 Å². The topological polar surface area (TPSA) is 121 Å². The minimum atomic E-state index is -0.0331.